The number of nitrogens with zero attached hydrogens (tertiary/aromatic N) is 2. The highest BCUT2D eigenvalue weighted by atomic mass is 16.5. The smallest absolute Gasteiger partial charge is 0.131 e. The lowest BCUT2D eigenvalue weighted by Crippen LogP contribution is -2.67. The minimum Gasteiger partial charge on any atom is -0.497 e. The molecular weight excluding hydrogens is 432 g/mol. The average molecular weight is 466 g/mol. The number of piperidine rings is 3. The maximum Gasteiger partial charge on any atom is 0.131 e. The van der Waals surface area contributed by atoms with Crippen LogP contribution in [0.3, 0.4) is 0 Å². The van der Waals surface area contributed by atoms with Crippen molar-refractivity contribution in [3.05, 3.63) is 96.7 Å². The monoisotopic (exact) mass is 465 g/mol. The predicted octanol–water partition coefficient (Wildman–Crippen LogP) is 6.04. The zero-order valence-corrected chi connectivity index (χ0v) is 20.3. The molecule has 178 valence electrons. The largest absolute Gasteiger partial charge is 0.497 e. The van der Waals surface area contributed by atoms with Gasteiger partial charge in [-0.3, -0.25) is 4.98 Å². The zero-order chi connectivity index (χ0) is 24.0. The molecule has 3 aliphatic rings. The molecule has 0 spiro atoms. The topological polar surface area (TPSA) is 42.4 Å². The number of hydrogen-bond donors (Lipinski definition) is 1. The van der Waals surface area contributed by atoms with Gasteiger partial charge in [-0.05, 0) is 46.5 Å². The van der Waals surface area contributed by atoms with Crippen molar-refractivity contribution in [3.8, 4) is 5.75 Å². The third-order valence-electron chi connectivity index (χ3n) is 8.71. The van der Waals surface area contributed by atoms with E-state index in [0.717, 1.165) is 52.8 Å². The van der Waals surface area contributed by atoms with Gasteiger partial charge in [0.25, 0.3) is 0 Å². The number of quaternary nitrogens is 1. The number of pyridine rings is 1. The van der Waals surface area contributed by atoms with Gasteiger partial charge in [0.1, 0.15) is 24.4 Å². The quantitative estimate of drug-likeness (QED) is 0.279. The van der Waals surface area contributed by atoms with E-state index >= 15 is 0 Å². The van der Waals surface area contributed by atoms with Gasteiger partial charge in [0.05, 0.1) is 25.7 Å². The summed E-state index contributed by atoms with van der Waals surface area (Å²) in [6, 6.07) is 23.3. The summed E-state index contributed by atoms with van der Waals surface area (Å²) in [4.78, 5) is 4.55. The van der Waals surface area contributed by atoms with Crippen LogP contribution >= 0.6 is 0 Å². The fraction of sp³-hybridized carbons (Fsp3) is 0.323. The molecular formula is C31H33N2O2+. The first-order valence-electron chi connectivity index (χ1n) is 12.7. The minimum absolute atomic E-state index is 0.126. The Morgan fingerprint density at radius 2 is 1.97 bits per heavy atom. The third-order valence-corrected chi connectivity index (χ3v) is 8.71. The van der Waals surface area contributed by atoms with Crippen LogP contribution in [0.1, 0.15) is 30.1 Å². The zero-order valence-electron chi connectivity index (χ0n) is 20.3. The Labute approximate surface area is 207 Å². The van der Waals surface area contributed by atoms with Crippen LogP contribution in [-0.4, -0.2) is 40.8 Å². The van der Waals surface area contributed by atoms with E-state index in [2.05, 4.69) is 60.1 Å². The van der Waals surface area contributed by atoms with Gasteiger partial charge in [-0.25, -0.2) is 0 Å². The van der Waals surface area contributed by atoms with E-state index in [-0.39, 0.29) is 6.04 Å². The summed E-state index contributed by atoms with van der Waals surface area (Å²) in [6.07, 6.45) is 5.61. The maximum absolute atomic E-state index is 12.0. The van der Waals surface area contributed by atoms with E-state index in [0.29, 0.717) is 11.8 Å². The van der Waals surface area contributed by atoms with Crippen LogP contribution < -0.4 is 4.74 Å². The number of hydrogen-bond acceptors (Lipinski definition) is 3. The second-order valence-corrected chi connectivity index (χ2v) is 10.4. The molecule has 0 amide bonds. The number of aromatic nitrogens is 1. The van der Waals surface area contributed by atoms with Crippen LogP contribution in [0, 0.1) is 11.8 Å². The van der Waals surface area contributed by atoms with Crippen LogP contribution in [0.4, 0.5) is 0 Å². The van der Waals surface area contributed by atoms with Crippen molar-refractivity contribution in [1.82, 2.24) is 4.98 Å². The maximum atomic E-state index is 12.0. The Morgan fingerprint density at radius 1 is 1.11 bits per heavy atom. The van der Waals surface area contributed by atoms with Crippen molar-refractivity contribution in [3.63, 3.8) is 0 Å². The Kier molecular flexibility index (Phi) is 5.58. The van der Waals surface area contributed by atoms with E-state index in [9.17, 15) is 5.11 Å². The third kappa shape index (κ3) is 3.72. The minimum atomic E-state index is -0.573. The summed E-state index contributed by atoms with van der Waals surface area (Å²) in [6.45, 7) is 7.23. The molecule has 0 unspecified atom stereocenters. The molecule has 1 aromatic heterocycles. The molecule has 3 aromatic carbocycles. The van der Waals surface area contributed by atoms with Crippen molar-refractivity contribution >= 4 is 21.7 Å². The van der Waals surface area contributed by atoms with E-state index in [1.54, 1.807) is 7.11 Å². The van der Waals surface area contributed by atoms with Gasteiger partial charge in [0, 0.05) is 35.9 Å². The molecule has 4 heterocycles. The molecule has 4 heteroatoms. The summed E-state index contributed by atoms with van der Waals surface area (Å²) in [7, 11) is 1.68. The molecule has 4 aromatic rings. The normalized spacial score (nSPS) is 26.6. The molecule has 0 saturated carbocycles. The Balaban J connectivity index is 1.44. The van der Waals surface area contributed by atoms with Crippen LogP contribution in [0.2, 0.25) is 0 Å². The van der Waals surface area contributed by atoms with E-state index < -0.39 is 6.10 Å². The molecule has 7 rings (SSSR count). The lowest BCUT2D eigenvalue weighted by atomic mass is 9.71. The highest BCUT2D eigenvalue weighted by molar-refractivity contribution is 5.85. The summed E-state index contributed by atoms with van der Waals surface area (Å²) in [5.41, 5.74) is 3.21. The summed E-state index contributed by atoms with van der Waals surface area (Å²) < 4.78 is 6.39. The summed E-state index contributed by atoms with van der Waals surface area (Å²) in [5.74, 6) is 1.87. The SMILES string of the molecule is C=C[C@H]1C[N@+]2(Cc3cccc4ccccc34)CC[C@H]1C[C@@H]2[C@@H](O)c1ccnc2ccc(OC)cc12. The number of benzene rings is 3. The molecule has 1 N–H and O–H groups in total. The molecule has 3 fully saturated rings. The number of fused-ring (bicyclic) bond motifs is 5. The first-order chi connectivity index (χ1) is 17.1. The number of rotatable bonds is 6. The second-order valence-electron chi connectivity index (χ2n) is 10.4. The standard InChI is InChI=1S/C31H33N2O2/c1-3-21-19-33(20-24-9-6-8-22-7-4-5-10-26(22)24)16-14-23(21)17-30(33)31(34)27-13-15-32-29-12-11-25(35-2)18-28(27)29/h3-13,15,18,21,23,30-31,34H,1,14,16-17,19-20H2,2H3/q+1/t21-,23-,30+,31-,33-/m0/s1. The van der Waals surface area contributed by atoms with Gasteiger partial charge in [0.15, 0.2) is 0 Å². The van der Waals surface area contributed by atoms with Crippen molar-refractivity contribution in [2.24, 2.45) is 11.8 Å². The van der Waals surface area contributed by atoms with Crippen LogP contribution in [0.15, 0.2) is 85.6 Å². The summed E-state index contributed by atoms with van der Waals surface area (Å²) >= 11 is 0. The van der Waals surface area contributed by atoms with Gasteiger partial charge in [-0.2, -0.15) is 0 Å². The lowest BCUT2D eigenvalue weighted by molar-refractivity contribution is -0.984. The van der Waals surface area contributed by atoms with Crippen molar-refractivity contribution < 1.29 is 14.3 Å². The van der Waals surface area contributed by atoms with Gasteiger partial charge in [0.2, 0.25) is 0 Å². The molecule has 2 bridgehead atoms. The van der Waals surface area contributed by atoms with Gasteiger partial charge < -0.3 is 14.3 Å². The van der Waals surface area contributed by atoms with Crippen LogP contribution in [-0.2, 0) is 6.54 Å². The number of ether oxygens (including phenoxy) is 1. The number of aliphatic hydroxyl groups excluding tert-OH is 1. The fourth-order valence-electron chi connectivity index (χ4n) is 6.89. The molecule has 3 saturated heterocycles. The molecule has 0 radical (unpaired) electrons. The van der Waals surface area contributed by atoms with Gasteiger partial charge in [-0.1, -0.05) is 48.5 Å². The van der Waals surface area contributed by atoms with Crippen molar-refractivity contribution in [2.75, 3.05) is 20.2 Å². The Morgan fingerprint density at radius 3 is 2.83 bits per heavy atom. The molecule has 3 aliphatic heterocycles. The highest BCUT2D eigenvalue weighted by Crippen LogP contribution is 2.48. The second kappa shape index (κ2) is 8.78. The van der Waals surface area contributed by atoms with Gasteiger partial charge in [-0.15, -0.1) is 6.58 Å². The average Bonchev–Trinajstić information content (AvgIpc) is 2.92. The van der Waals surface area contributed by atoms with Crippen LogP contribution in [0.25, 0.3) is 21.7 Å². The number of aliphatic hydroxyl groups is 1. The van der Waals surface area contributed by atoms with Crippen molar-refractivity contribution in [2.45, 2.75) is 31.5 Å². The molecule has 4 nitrogen and oxygen atoms in total. The Bertz CT molecular complexity index is 1390. The Hall–Kier alpha value is -3.21. The first kappa shape index (κ1) is 22.3. The highest BCUT2D eigenvalue weighted by Gasteiger charge is 2.54. The van der Waals surface area contributed by atoms with E-state index in [1.165, 1.54) is 22.8 Å². The number of methoxy groups -OCH3 is 1. The fourth-order valence-corrected chi connectivity index (χ4v) is 6.89. The summed E-state index contributed by atoms with van der Waals surface area (Å²) in [5, 5.41) is 15.6. The molecule has 5 atom stereocenters. The van der Waals surface area contributed by atoms with E-state index in [4.69, 9.17) is 4.74 Å². The molecule has 35 heavy (non-hydrogen) atoms. The molecule has 0 aliphatic carbocycles. The van der Waals surface area contributed by atoms with Crippen molar-refractivity contribution in [1.29, 1.82) is 0 Å². The van der Waals surface area contributed by atoms with Gasteiger partial charge >= 0.3 is 0 Å². The lowest BCUT2D eigenvalue weighted by Gasteiger charge is -2.58. The van der Waals surface area contributed by atoms with E-state index in [1.807, 2.05) is 30.5 Å². The predicted molar refractivity (Wildman–Crippen MR) is 141 cm³/mol. The first-order valence-corrected chi connectivity index (χ1v) is 12.7. The van der Waals surface area contributed by atoms with Crippen LogP contribution in [0.5, 0.6) is 5.75 Å².